The van der Waals surface area contributed by atoms with E-state index in [1.54, 1.807) is 29.0 Å². The smallest absolute Gasteiger partial charge is 0.320 e. The van der Waals surface area contributed by atoms with E-state index in [0.717, 1.165) is 42.0 Å². The zero-order chi connectivity index (χ0) is 43.9. The molecule has 1 fully saturated rings. The van der Waals surface area contributed by atoms with Crippen LogP contribution in [-0.2, 0) is 4.43 Å². The molecule has 5 rings (SSSR count). The Kier molecular flexibility index (Phi) is 15.4. The number of benzene rings is 2. The molecular weight excluding hydrogens is 767 g/mol. The summed E-state index contributed by atoms with van der Waals surface area (Å²) in [6.07, 6.45) is 4.46. The number of hydrogen-bond donors (Lipinski definition) is 6. The van der Waals surface area contributed by atoms with Crippen molar-refractivity contribution < 1.29 is 14.0 Å². The second kappa shape index (κ2) is 19.9. The van der Waals surface area contributed by atoms with Crippen LogP contribution in [0.2, 0.25) is 16.6 Å². The zero-order valence-electron chi connectivity index (χ0n) is 37.9. The second-order valence-electron chi connectivity index (χ2n) is 18.7. The molecule has 1 unspecified atom stereocenters. The summed E-state index contributed by atoms with van der Waals surface area (Å²) < 4.78 is 15.3. The Morgan fingerprint density at radius 2 is 1.57 bits per heavy atom. The van der Waals surface area contributed by atoms with Crippen LogP contribution in [0, 0.1) is 28.6 Å². The van der Waals surface area contributed by atoms with E-state index in [2.05, 4.69) is 74.3 Å². The first-order valence-electron chi connectivity index (χ1n) is 21.7. The van der Waals surface area contributed by atoms with Crippen molar-refractivity contribution in [1.82, 2.24) is 25.0 Å². The number of allylic oxidation sites excluding steroid dienone is 1. The van der Waals surface area contributed by atoms with Crippen LogP contribution >= 0.6 is 0 Å². The molecule has 2 aliphatic rings. The number of rotatable bonds is 15. The van der Waals surface area contributed by atoms with Gasteiger partial charge in [-0.05, 0) is 78.8 Å². The van der Waals surface area contributed by atoms with Crippen LogP contribution in [0.25, 0.3) is 0 Å². The molecule has 2 amide bonds. The molecule has 6 N–H and O–H groups in total. The molecule has 12 nitrogen and oxygen atoms in total. The molecular formula is C47H71N9O3Si. The number of aromatic nitrogens is 1. The number of carbonyl (C=O) groups is 1. The van der Waals surface area contributed by atoms with E-state index in [0.29, 0.717) is 65.7 Å². The number of ether oxygens (including phenoxy) is 1. The average molecular weight is 838 g/mol. The minimum Gasteiger partial charge on any atom is -0.484 e. The Bertz CT molecular complexity index is 2030. The Labute approximate surface area is 359 Å². The molecule has 0 saturated carbocycles. The van der Waals surface area contributed by atoms with Crippen molar-refractivity contribution >= 4 is 31.6 Å². The Hall–Kier alpha value is -4.56. The van der Waals surface area contributed by atoms with Crippen LogP contribution in [0.3, 0.4) is 0 Å². The van der Waals surface area contributed by atoms with E-state index >= 15 is 0 Å². The standard InChI is InChI=1S/C47H71N9O3Si/c1-31(2)60(32(3)4,33(5)6)58-30-36-27-55(25-24-54(36)11)29-44(50)56-28-37(20-23-43(56)49)59-41-22-21-40(38-14-12-13-15-39(38)41)52-46(57)53-45(26-42(48)47(8,9)10)51-35-18-16-34(7)17-19-35/h12-20,23,26,28,31-33,36,40-41,48-51H,21-22,24-25,27,29-30H2,1-11H3,(H2,52,53,57)/b45-26+,48-42?,49-43?,50-44?/t36?,40-,41+/m0/s1. The number of hydrogen-bond acceptors (Lipinski definition) is 9. The van der Waals surface area contributed by atoms with Gasteiger partial charge in [-0.25, -0.2) is 4.79 Å². The predicted octanol–water partition coefficient (Wildman–Crippen LogP) is 9.18. The van der Waals surface area contributed by atoms with Crippen molar-refractivity contribution in [2.24, 2.45) is 5.41 Å². The quantitative estimate of drug-likeness (QED) is 0.0510. The van der Waals surface area contributed by atoms with Crippen molar-refractivity contribution in [2.45, 2.75) is 117 Å². The number of nitrogens with one attached hydrogen (secondary N) is 6. The molecule has 2 aromatic carbocycles. The number of nitrogens with zero attached hydrogens (tertiary/aromatic N) is 3. The van der Waals surface area contributed by atoms with Gasteiger partial charge >= 0.3 is 6.03 Å². The molecule has 60 heavy (non-hydrogen) atoms. The summed E-state index contributed by atoms with van der Waals surface area (Å²) in [5.41, 5.74) is 5.67. The second-order valence-corrected chi connectivity index (χ2v) is 24.2. The Morgan fingerprint density at radius 3 is 2.20 bits per heavy atom. The van der Waals surface area contributed by atoms with E-state index < -0.39 is 13.7 Å². The summed E-state index contributed by atoms with van der Waals surface area (Å²) in [5.74, 6) is 1.33. The molecule has 326 valence electrons. The molecule has 3 atom stereocenters. The van der Waals surface area contributed by atoms with E-state index in [1.807, 2.05) is 76.2 Å². The third kappa shape index (κ3) is 11.4. The number of urea groups is 1. The zero-order valence-corrected chi connectivity index (χ0v) is 38.9. The highest BCUT2D eigenvalue weighted by atomic mass is 28.4. The van der Waals surface area contributed by atoms with Gasteiger partial charge in [-0.3, -0.25) is 30.5 Å². The minimum absolute atomic E-state index is 0.227. The lowest BCUT2D eigenvalue weighted by molar-refractivity contribution is 0.0667. The van der Waals surface area contributed by atoms with Crippen LogP contribution in [-0.4, -0.2) is 86.1 Å². The summed E-state index contributed by atoms with van der Waals surface area (Å²) in [6.45, 7) is 25.5. The summed E-state index contributed by atoms with van der Waals surface area (Å²) in [4.78, 5) is 18.3. The van der Waals surface area contributed by atoms with Gasteiger partial charge in [0.2, 0.25) is 0 Å². The van der Waals surface area contributed by atoms with Gasteiger partial charge in [0.25, 0.3) is 0 Å². The van der Waals surface area contributed by atoms with E-state index in [1.165, 1.54) is 0 Å². The number of pyridine rings is 1. The molecule has 0 bridgehead atoms. The van der Waals surface area contributed by atoms with E-state index in [4.69, 9.17) is 25.4 Å². The highest BCUT2D eigenvalue weighted by molar-refractivity contribution is 6.77. The van der Waals surface area contributed by atoms with Crippen molar-refractivity contribution in [3.63, 3.8) is 0 Å². The summed E-state index contributed by atoms with van der Waals surface area (Å²) in [5, 5.41) is 35.9. The molecule has 3 aromatic rings. The average Bonchev–Trinajstić information content (AvgIpc) is 3.17. The lowest BCUT2D eigenvalue weighted by atomic mass is 9.85. The molecule has 1 saturated heterocycles. The molecule has 1 aliphatic carbocycles. The number of carbonyl (C=O) groups excluding carboxylic acids is 1. The lowest BCUT2D eigenvalue weighted by Crippen LogP contribution is -2.57. The van der Waals surface area contributed by atoms with Crippen LogP contribution in [0.4, 0.5) is 10.5 Å². The van der Waals surface area contributed by atoms with Crippen LogP contribution in [0.15, 0.2) is 78.8 Å². The first-order chi connectivity index (χ1) is 28.3. The minimum atomic E-state index is -2.01. The van der Waals surface area contributed by atoms with Gasteiger partial charge in [0, 0.05) is 48.6 Å². The van der Waals surface area contributed by atoms with Crippen LogP contribution in [0.5, 0.6) is 5.75 Å². The van der Waals surface area contributed by atoms with Gasteiger partial charge in [-0.1, -0.05) is 104 Å². The highest BCUT2D eigenvalue weighted by Gasteiger charge is 2.45. The summed E-state index contributed by atoms with van der Waals surface area (Å²) >= 11 is 0. The topological polar surface area (TPSA) is 155 Å². The Balaban J connectivity index is 1.24. The van der Waals surface area contributed by atoms with Crippen molar-refractivity contribution in [2.75, 3.05) is 45.2 Å². The largest absolute Gasteiger partial charge is 0.484 e. The van der Waals surface area contributed by atoms with Crippen molar-refractivity contribution in [3.05, 3.63) is 101 Å². The van der Waals surface area contributed by atoms with Crippen molar-refractivity contribution in [1.29, 1.82) is 16.2 Å². The summed E-state index contributed by atoms with van der Waals surface area (Å²) in [7, 11) is 0.169. The van der Waals surface area contributed by atoms with E-state index in [-0.39, 0.29) is 29.7 Å². The van der Waals surface area contributed by atoms with Crippen LogP contribution in [0.1, 0.15) is 104 Å². The van der Waals surface area contributed by atoms with Crippen molar-refractivity contribution in [3.8, 4) is 5.75 Å². The fourth-order valence-electron chi connectivity index (χ4n) is 8.90. The fourth-order valence-corrected chi connectivity index (χ4v) is 14.4. The number of amides is 2. The molecule has 0 spiro atoms. The van der Waals surface area contributed by atoms with Gasteiger partial charge in [0.15, 0.2) is 8.32 Å². The fraction of sp³-hybridized carbons (Fsp3) is 0.532. The number of likely N-dealkylation sites (N-methyl/N-ethyl adjacent to an activating group) is 1. The first-order valence-corrected chi connectivity index (χ1v) is 23.8. The van der Waals surface area contributed by atoms with Gasteiger partial charge in [0.1, 0.15) is 29.0 Å². The van der Waals surface area contributed by atoms with Gasteiger partial charge in [-0.2, -0.15) is 0 Å². The van der Waals surface area contributed by atoms with Gasteiger partial charge in [0.05, 0.1) is 25.4 Å². The normalized spacial score (nSPS) is 19.3. The molecule has 1 aromatic heterocycles. The lowest BCUT2D eigenvalue weighted by Gasteiger charge is -2.45. The third-order valence-electron chi connectivity index (χ3n) is 12.4. The summed E-state index contributed by atoms with van der Waals surface area (Å²) in [6, 6.07) is 19.0. The molecule has 13 heteroatoms. The third-order valence-corrected chi connectivity index (χ3v) is 18.5. The maximum absolute atomic E-state index is 13.6. The van der Waals surface area contributed by atoms with E-state index in [9.17, 15) is 4.79 Å². The SMILES string of the molecule is Cc1ccc(N/C(=C\C(=N)C(C)(C)C)NC(=O)N[C@H]2CC[C@@H](Oc3ccc(=N)n(C(=N)CN4CCN(C)C(CO[Si](C(C)C)(C(C)C)C(C)C)C4)c3)c3ccccc32)cc1. The van der Waals surface area contributed by atoms with Gasteiger partial charge in [-0.15, -0.1) is 0 Å². The molecule has 1 aliphatic heterocycles. The number of aryl methyl sites for hydroxylation is 1. The number of anilines is 1. The maximum atomic E-state index is 13.6. The maximum Gasteiger partial charge on any atom is 0.320 e. The molecule has 2 heterocycles. The van der Waals surface area contributed by atoms with Gasteiger partial charge < -0.3 is 25.2 Å². The predicted molar refractivity (Wildman–Crippen MR) is 247 cm³/mol. The first kappa shape index (κ1) is 46.5. The highest BCUT2D eigenvalue weighted by Crippen LogP contribution is 2.42. The molecule has 0 radical (unpaired) electrons. The number of fused-ring (bicyclic) bond motifs is 1. The number of piperazine rings is 1. The monoisotopic (exact) mass is 838 g/mol. The Morgan fingerprint density at radius 1 is 0.917 bits per heavy atom. The van der Waals surface area contributed by atoms with Crippen LogP contribution < -0.4 is 26.2 Å².